The van der Waals surface area contributed by atoms with Gasteiger partial charge in [0.25, 0.3) is 11.6 Å². The average molecular weight is 486 g/mol. The summed E-state index contributed by atoms with van der Waals surface area (Å²) in [5.74, 6) is 0.143. The van der Waals surface area contributed by atoms with Crippen LogP contribution in [0.5, 0.6) is 11.5 Å². The minimum absolute atomic E-state index is 0.0706. The molecule has 9 nitrogen and oxygen atoms in total. The van der Waals surface area contributed by atoms with Crippen LogP contribution in [0.3, 0.4) is 0 Å². The molecule has 1 aliphatic heterocycles. The number of non-ortho nitro benzene ring substituents is 1. The van der Waals surface area contributed by atoms with E-state index in [1.54, 1.807) is 35.2 Å². The Kier molecular flexibility index (Phi) is 6.70. The van der Waals surface area contributed by atoms with Gasteiger partial charge in [0, 0.05) is 12.1 Å². The van der Waals surface area contributed by atoms with E-state index in [1.807, 2.05) is 0 Å². The van der Waals surface area contributed by atoms with Crippen molar-refractivity contribution in [2.24, 2.45) is 0 Å². The van der Waals surface area contributed by atoms with Crippen LogP contribution in [0.2, 0.25) is 0 Å². The number of nitro groups is 2. The monoisotopic (exact) mass is 485 g/mol. The summed E-state index contributed by atoms with van der Waals surface area (Å²) >= 11 is 6.75. The number of amides is 1. The van der Waals surface area contributed by atoms with Gasteiger partial charge >= 0.3 is 5.69 Å². The SMILES string of the molecule is O=C1/C(=C\c2ccc(Oc3ccc([N+](=O)[O-])cc3[N+](=O)[O-])cc2)SC(=S)N1C1CCCCC1. The van der Waals surface area contributed by atoms with Gasteiger partial charge in [0.15, 0.2) is 0 Å². The zero-order chi connectivity index (χ0) is 23.5. The number of nitro benzene ring substituents is 2. The first kappa shape index (κ1) is 22.9. The zero-order valence-corrected chi connectivity index (χ0v) is 19.0. The van der Waals surface area contributed by atoms with Crippen molar-refractivity contribution >= 4 is 51.7 Å². The van der Waals surface area contributed by atoms with Crippen molar-refractivity contribution in [1.82, 2.24) is 4.90 Å². The van der Waals surface area contributed by atoms with Crippen LogP contribution in [-0.4, -0.2) is 31.0 Å². The zero-order valence-electron chi connectivity index (χ0n) is 17.3. The molecule has 2 aromatic carbocycles. The summed E-state index contributed by atoms with van der Waals surface area (Å²) < 4.78 is 6.17. The van der Waals surface area contributed by atoms with Crippen LogP contribution in [0.1, 0.15) is 37.7 Å². The van der Waals surface area contributed by atoms with Gasteiger partial charge in [0.2, 0.25) is 5.75 Å². The molecule has 0 spiro atoms. The van der Waals surface area contributed by atoms with Crippen LogP contribution in [0.25, 0.3) is 6.08 Å². The number of benzene rings is 2. The Balaban J connectivity index is 1.49. The second-order valence-electron chi connectivity index (χ2n) is 7.68. The van der Waals surface area contributed by atoms with Crippen LogP contribution in [0.15, 0.2) is 47.4 Å². The van der Waals surface area contributed by atoms with Crippen molar-refractivity contribution in [1.29, 1.82) is 0 Å². The summed E-state index contributed by atoms with van der Waals surface area (Å²) in [6, 6.07) is 10.0. The highest BCUT2D eigenvalue weighted by Gasteiger charge is 2.37. The first-order valence-electron chi connectivity index (χ1n) is 10.3. The summed E-state index contributed by atoms with van der Waals surface area (Å²) in [7, 11) is 0. The van der Waals surface area contributed by atoms with Crippen molar-refractivity contribution < 1.29 is 19.4 Å². The van der Waals surface area contributed by atoms with Crippen LogP contribution < -0.4 is 4.74 Å². The molecule has 1 saturated carbocycles. The van der Waals surface area contributed by atoms with Gasteiger partial charge in [-0.25, -0.2) is 0 Å². The lowest BCUT2D eigenvalue weighted by Crippen LogP contribution is -2.39. The maximum absolute atomic E-state index is 12.9. The van der Waals surface area contributed by atoms with Crippen molar-refractivity contribution in [2.45, 2.75) is 38.1 Å². The number of hydrogen-bond acceptors (Lipinski definition) is 8. The van der Waals surface area contributed by atoms with E-state index in [4.69, 9.17) is 17.0 Å². The molecule has 2 aliphatic rings. The molecular weight excluding hydrogens is 466 g/mol. The summed E-state index contributed by atoms with van der Waals surface area (Å²) in [6.45, 7) is 0. The minimum atomic E-state index is -0.731. The first-order valence-corrected chi connectivity index (χ1v) is 11.5. The van der Waals surface area contributed by atoms with Crippen LogP contribution in [0, 0.1) is 20.2 Å². The topological polar surface area (TPSA) is 116 Å². The highest BCUT2D eigenvalue weighted by molar-refractivity contribution is 8.26. The molecule has 0 bridgehead atoms. The first-order chi connectivity index (χ1) is 15.8. The molecule has 11 heteroatoms. The molecule has 0 N–H and O–H groups in total. The molecule has 2 aromatic rings. The van der Waals surface area contributed by atoms with Gasteiger partial charge < -0.3 is 4.74 Å². The molecule has 0 aromatic heterocycles. The lowest BCUT2D eigenvalue weighted by molar-refractivity contribution is -0.394. The molecule has 1 aliphatic carbocycles. The van der Waals surface area contributed by atoms with Gasteiger partial charge in [-0.05, 0) is 42.7 Å². The molecule has 0 unspecified atom stereocenters. The van der Waals surface area contributed by atoms with E-state index in [2.05, 4.69) is 0 Å². The fraction of sp³-hybridized carbons (Fsp3) is 0.273. The summed E-state index contributed by atoms with van der Waals surface area (Å²) in [4.78, 5) is 35.9. The van der Waals surface area contributed by atoms with Gasteiger partial charge in [-0.3, -0.25) is 29.9 Å². The summed E-state index contributed by atoms with van der Waals surface area (Å²) in [5, 5.41) is 22.2. The van der Waals surface area contributed by atoms with Gasteiger partial charge in [0.05, 0.1) is 20.8 Å². The quantitative estimate of drug-likeness (QED) is 0.217. The second kappa shape index (κ2) is 9.67. The molecule has 1 saturated heterocycles. The third-order valence-electron chi connectivity index (χ3n) is 5.52. The number of rotatable bonds is 6. The maximum atomic E-state index is 12.9. The normalized spacial score (nSPS) is 18.1. The third-order valence-corrected chi connectivity index (χ3v) is 6.85. The highest BCUT2D eigenvalue weighted by Crippen LogP contribution is 2.38. The fourth-order valence-corrected chi connectivity index (χ4v) is 5.29. The molecule has 1 amide bonds. The van der Waals surface area contributed by atoms with Crippen LogP contribution in [0.4, 0.5) is 11.4 Å². The van der Waals surface area contributed by atoms with E-state index < -0.39 is 21.2 Å². The van der Waals surface area contributed by atoms with E-state index in [0.29, 0.717) is 15.0 Å². The van der Waals surface area contributed by atoms with Crippen molar-refractivity contribution in [3.05, 3.63) is 73.2 Å². The Morgan fingerprint density at radius 3 is 2.36 bits per heavy atom. The van der Waals surface area contributed by atoms with E-state index in [1.165, 1.54) is 24.2 Å². The number of nitrogens with zero attached hydrogens (tertiary/aromatic N) is 3. The minimum Gasteiger partial charge on any atom is -0.450 e. The van der Waals surface area contributed by atoms with Gasteiger partial charge in [-0.2, -0.15) is 0 Å². The van der Waals surface area contributed by atoms with Gasteiger partial charge in [-0.1, -0.05) is 55.4 Å². The lowest BCUT2D eigenvalue weighted by Gasteiger charge is -2.29. The molecule has 2 fully saturated rings. The summed E-state index contributed by atoms with van der Waals surface area (Å²) in [5.41, 5.74) is -0.140. The van der Waals surface area contributed by atoms with E-state index >= 15 is 0 Å². The van der Waals surface area contributed by atoms with Crippen LogP contribution in [-0.2, 0) is 4.79 Å². The number of thiocarbonyl (C=S) groups is 1. The standard InChI is InChI=1S/C22H19N3O6S2/c26-21-20(33-22(32)23(21)15-4-2-1-3-5-15)12-14-6-9-17(10-7-14)31-19-11-8-16(24(27)28)13-18(19)25(29)30/h6-13,15H,1-5H2/b20-12+. The fourth-order valence-electron chi connectivity index (χ4n) is 3.89. The molecule has 0 radical (unpaired) electrons. The van der Waals surface area contributed by atoms with E-state index in [0.717, 1.165) is 43.4 Å². The Morgan fingerprint density at radius 1 is 1.03 bits per heavy atom. The van der Waals surface area contributed by atoms with Gasteiger partial charge in [-0.15, -0.1) is 0 Å². The van der Waals surface area contributed by atoms with Crippen LogP contribution >= 0.6 is 24.0 Å². The molecule has 4 rings (SSSR count). The van der Waals surface area contributed by atoms with E-state index in [9.17, 15) is 25.0 Å². The molecule has 0 atom stereocenters. The Hall–Kier alpha value is -3.31. The Morgan fingerprint density at radius 2 is 1.73 bits per heavy atom. The largest absolute Gasteiger partial charge is 0.450 e. The number of hydrogen-bond donors (Lipinski definition) is 0. The Bertz CT molecular complexity index is 1160. The predicted octanol–water partition coefficient (Wildman–Crippen LogP) is 5.83. The number of thioether (sulfide) groups is 1. The molecule has 1 heterocycles. The number of carbonyl (C=O) groups is 1. The predicted molar refractivity (Wildman–Crippen MR) is 128 cm³/mol. The molecular formula is C22H19N3O6S2. The van der Waals surface area contributed by atoms with Crippen molar-refractivity contribution in [3.8, 4) is 11.5 Å². The molecule has 33 heavy (non-hydrogen) atoms. The van der Waals surface area contributed by atoms with Gasteiger partial charge in [0.1, 0.15) is 10.1 Å². The lowest BCUT2D eigenvalue weighted by atomic mass is 9.94. The molecule has 170 valence electrons. The highest BCUT2D eigenvalue weighted by atomic mass is 32.2. The second-order valence-corrected chi connectivity index (χ2v) is 9.36. The van der Waals surface area contributed by atoms with Crippen molar-refractivity contribution in [3.63, 3.8) is 0 Å². The number of ether oxygens (including phenoxy) is 1. The summed E-state index contributed by atoms with van der Waals surface area (Å²) in [6.07, 6.45) is 7.12. The smallest absolute Gasteiger partial charge is 0.318 e. The maximum Gasteiger partial charge on any atom is 0.318 e. The van der Waals surface area contributed by atoms with E-state index in [-0.39, 0.29) is 17.7 Å². The van der Waals surface area contributed by atoms with Crippen molar-refractivity contribution in [2.75, 3.05) is 0 Å². The average Bonchev–Trinajstić information content (AvgIpc) is 3.08. The number of carbonyl (C=O) groups excluding carboxylic acids is 1. The Labute approximate surface area is 198 Å². The third kappa shape index (κ3) is 5.04.